The summed E-state index contributed by atoms with van der Waals surface area (Å²) in [6, 6.07) is 20.5. The summed E-state index contributed by atoms with van der Waals surface area (Å²) >= 11 is 18.4. The Labute approximate surface area is 211 Å². The summed E-state index contributed by atoms with van der Waals surface area (Å²) in [5.41, 5.74) is 1.79. The molecule has 3 aromatic carbocycles. The Morgan fingerprint density at radius 3 is 2.21 bits per heavy atom. The highest BCUT2D eigenvalue weighted by molar-refractivity contribution is 6.54. The Hall–Kier alpha value is -3.32. The lowest BCUT2D eigenvalue weighted by Gasteiger charge is -2.21. The van der Waals surface area contributed by atoms with Crippen molar-refractivity contribution in [3.05, 3.63) is 99.1 Å². The average Bonchev–Trinajstić information content (AvgIpc) is 3.05. The third kappa shape index (κ3) is 4.40. The van der Waals surface area contributed by atoms with E-state index >= 15 is 0 Å². The van der Waals surface area contributed by atoms with Crippen LogP contribution in [0.5, 0.6) is 0 Å². The summed E-state index contributed by atoms with van der Waals surface area (Å²) in [7, 11) is 0. The van der Waals surface area contributed by atoms with Crippen molar-refractivity contribution in [3.8, 4) is 0 Å². The monoisotopic (exact) mass is 513 g/mol. The van der Waals surface area contributed by atoms with Crippen molar-refractivity contribution in [2.45, 2.75) is 6.92 Å². The van der Waals surface area contributed by atoms with Gasteiger partial charge in [-0.25, -0.2) is 4.90 Å². The van der Waals surface area contributed by atoms with Gasteiger partial charge in [0, 0.05) is 23.5 Å². The molecule has 1 N–H and O–H groups in total. The van der Waals surface area contributed by atoms with E-state index in [9.17, 15) is 14.4 Å². The number of nitrogens with one attached hydrogen (secondary N) is 1. The van der Waals surface area contributed by atoms with E-state index in [0.29, 0.717) is 17.8 Å². The highest BCUT2D eigenvalue weighted by Gasteiger charge is 2.40. The first-order chi connectivity index (χ1) is 16.3. The first kappa shape index (κ1) is 23.8. The molecule has 3 amide bonds. The van der Waals surface area contributed by atoms with Crippen molar-refractivity contribution in [3.63, 3.8) is 0 Å². The van der Waals surface area contributed by atoms with E-state index in [1.807, 2.05) is 37.3 Å². The molecular weight excluding hydrogens is 497 g/mol. The molecule has 1 aliphatic heterocycles. The zero-order valence-electron chi connectivity index (χ0n) is 17.9. The van der Waals surface area contributed by atoms with E-state index in [1.165, 1.54) is 6.07 Å². The van der Waals surface area contributed by atoms with Gasteiger partial charge >= 0.3 is 0 Å². The van der Waals surface area contributed by atoms with Crippen LogP contribution in [0.3, 0.4) is 0 Å². The number of benzene rings is 3. The standard InChI is InChI=1S/C25H18Cl3N3O3/c1-2-30(17-7-4-3-5-8-17)23(32)15-11-13-16(14-12-15)29-22-21(28)24(33)31(25(22)34)19-10-6-9-18(26)20(19)27/h3-14,29H,2H2,1H3. The molecule has 172 valence electrons. The van der Waals surface area contributed by atoms with Gasteiger partial charge in [0.15, 0.2) is 0 Å². The minimum Gasteiger partial charge on any atom is -0.350 e. The molecule has 9 heteroatoms. The molecule has 0 saturated heterocycles. The molecule has 0 aliphatic carbocycles. The molecule has 3 aromatic rings. The van der Waals surface area contributed by atoms with E-state index in [2.05, 4.69) is 5.32 Å². The number of anilines is 3. The Morgan fingerprint density at radius 1 is 0.882 bits per heavy atom. The smallest absolute Gasteiger partial charge is 0.283 e. The molecule has 4 rings (SSSR count). The fraction of sp³-hybridized carbons (Fsp3) is 0.0800. The van der Waals surface area contributed by atoms with Gasteiger partial charge in [-0.15, -0.1) is 0 Å². The van der Waals surface area contributed by atoms with Gasteiger partial charge in [-0.1, -0.05) is 59.1 Å². The van der Waals surface area contributed by atoms with Crippen molar-refractivity contribution in [2.75, 3.05) is 21.7 Å². The predicted octanol–water partition coefficient (Wildman–Crippen LogP) is 6.10. The molecular formula is C25H18Cl3N3O3. The van der Waals surface area contributed by atoms with Crippen LogP contribution in [-0.4, -0.2) is 24.3 Å². The Morgan fingerprint density at radius 2 is 1.56 bits per heavy atom. The number of hydrogen-bond donors (Lipinski definition) is 1. The highest BCUT2D eigenvalue weighted by atomic mass is 35.5. The molecule has 0 saturated carbocycles. The second kappa shape index (κ2) is 9.89. The van der Waals surface area contributed by atoms with Gasteiger partial charge < -0.3 is 10.2 Å². The molecule has 0 fully saturated rings. The van der Waals surface area contributed by atoms with Crippen LogP contribution in [0.4, 0.5) is 17.1 Å². The fourth-order valence-electron chi connectivity index (χ4n) is 3.54. The van der Waals surface area contributed by atoms with Crippen molar-refractivity contribution in [1.82, 2.24) is 0 Å². The van der Waals surface area contributed by atoms with E-state index < -0.39 is 11.8 Å². The van der Waals surface area contributed by atoms with E-state index in [4.69, 9.17) is 34.8 Å². The van der Waals surface area contributed by atoms with Gasteiger partial charge in [0.2, 0.25) is 0 Å². The van der Waals surface area contributed by atoms with E-state index in [0.717, 1.165) is 10.6 Å². The SMILES string of the molecule is CCN(C(=O)c1ccc(NC2=C(Cl)C(=O)N(c3cccc(Cl)c3Cl)C2=O)cc1)c1ccccc1. The van der Waals surface area contributed by atoms with Crippen molar-refractivity contribution >= 4 is 69.6 Å². The molecule has 0 bridgehead atoms. The lowest BCUT2D eigenvalue weighted by atomic mass is 10.1. The normalized spacial score (nSPS) is 13.5. The minimum atomic E-state index is -0.716. The van der Waals surface area contributed by atoms with Gasteiger partial charge in [-0.3, -0.25) is 14.4 Å². The maximum absolute atomic E-state index is 13.0. The molecule has 0 aromatic heterocycles. The van der Waals surface area contributed by atoms with Crippen LogP contribution in [0, 0.1) is 0 Å². The number of nitrogens with zero attached hydrogens (tertiary/aromatic N) is 2. The van der Waals surface area contributed by atoms with Crippen LogP contribution in [0.1, 0.15) is 17.3 Å². The summed E-state index contributed by atoms with van der Waals surface area (Å²) in [6.07, 6.45) is 0. The lowest BCUT2D eigenvalue weighted by molar-refractivity contribution is -0.120. The molecule has 1 aliphatic rings. The third-order valence-corrected chi connectivity index (χ3v) is 6.39. The second-order valence-corrected chi connectivity index (χ2v) is 8.46. The van der Waals surface area contributed by atoms with Crippen molar-refractivity contribution in [2.24, 2.45) is 0 Å². The molecule has 34 heavy (non-hydrogen) atoms. The lowest BCUT2D eigenvalue weighted by Crippen LogP contribution is -2.32. The number of halogens is 3. The summed E-state index contributed by atoms with van der Waals surface area (Å²) in [5.74, 6) is -1.54. The van der Waals surface area contributed by atoms with Crippen LogP contribution in [0.2, 0.25) is 10.0 Å². The molecule has 0 atom stereocenters. The molecule has 0 spiro atoms. The quantitative estimate of drug-likeness (QED) is 0.404. The predicted molar refractivity (Wildman–Crippen MR) is 136 cm³/mol. The van der Waals surface area contributed by atoms with Crippen LogP contribution in [0.15, 0.2) is 83.5 Å². The van der Waals surface area contributed by atoms with Crippen LogP contribution in [-0.2, 0) is 9.59 Å². The van der Waals surface area contributed by atoms with Crippen LogP contribution < -0.4 is 15.1 Å². The number of hydrogen-bond acceptors (Lipinski definition) is 4. The largest absolute Gasteiger partial charge is 0.350 e. The first-order valence-electron chi connectivity index (χ1n) is 10.3. The summed E-state index contributed by atoms with van der Waals surface area (Å²) in [5, 5.41) is 2.88. The van der Waals surface area contributed by atoms with E-state index in [-0.39, 0.29) is 32.4 Å². The molecule has 1 heterocycles. The fourth-order valence-corrected chi connectivity index (χ4v) is 4.14. The molecule has 0 radical (unpaired) electrons. The van der Waals surface area contributed by atoms with Crippen molar-refractivity contribution < 1.29 is 14.4 Å². The number of rotatable bonds is 6. The van der Waals surface area contributed by atoms with Gasteiger partial charge in [0.05, 0.1) is 15.7 Å². The van der Waals surface area contributed by atoms with Crippen LogP contribution in [0.25, 0.3) is 0 Å². The number of amides is 3. The molecule has 6 nitrogen and oxygen atoms in total. The highest BCUT2D eigenvalue weighted by Crippen LogP contribution is 2.37. The van der Waals surface area contributed by atoms with Gasteiger partial charge in [0.1, 0.15) is 10.7 Å². The first-order valence-corrected chi connectivity index (χ1v) is 11.4. The number of carbonyl (C=O) groups excluding carboxylic acids is 3. The number of imide groups is 1. The zero-order chi connectivity index (χ0) is 24.4. The topological polar surface area (TPSA) is 69.7 Å². The Balaban J connectivity index is 1.54. The zero-order valence-corrected chi connectivity index (χ0v) is 20.2. The summed E-state index contributed by atoms with van der Waals surface area (Å²) < 4.78 is 0. The third-order valence-electron chi connectivity index (χ3n) is 5.23. The van der Waals surface area contributed by atoms with Gasteiger partial charge in [0.25, 0.3) is 17.7 Å². The van der Waals surface area contributed by atoms with Gasteiger partial charge in [-0.2, -0.15) is 0 Å². The van der Waals surface area contributed by atoms with Crippen molar-refractivity contribution in [1.29, 1.82) is 0 Å². The Bertz CT molecular complexity index is 1310. The van der Waals surface area contributed by atoms with Crippen LogP contribution >= 0.6 is 34.8 Å². The maximum atomic E-state index is 13.0. The second-order valence-electron chi connectivity index (χ2n) is 7.29. The number of para-hydroxylation sites is 1. The number of carbonyl (C=O) groups is 3. The van der Waals surface area contributed by atoms with Gasteiger partial charge in [-0.05, 0) is 55.5 Å². The minimum absolute atomic E-state index is 0.0679. The average molecular weight is 515 g/mol. The molecule has 0 unspecified atom stereocenters. The summed E-state index contributed by atoms with van der Waals surface area (Å²) in [6.45, 7) is 2.40. The Kier molecular flexibility index (Phi) is 6.93. The summed E-state index contributed by atoms with van der Waals surface area (Å²) in [4.78, 5) is 41.2. The maximum Gasteiger partial charge on any atom is 0.283 e. The van der Waals surface area contributed by atoms with E-state index in [1.54, 1.807) is 41.3 Å².